The fraction of sp³-hybridized carbons (Fsp3) is 0.375. The Labute approximate surface area is 187 Å². The zero-order valence-electron chi connectivity index (χ0n) is 17.6. The highest BCUT2D eigenvalue weighted by Crippen LogP contribution is 2.21. The number of hydrogen-bond acceptors (Lipinski definition) is 6. The summed E-state index contributed by atoms with van der Waals surface area (Å²) in [7, 11) is 0. The number of nitrogens with zero attached hydrogens (tertiary/aromatic N) is 3. The minimum atomic E-state index is 0.0978. The molecule has 1 aliphatic heterocycles. The molecule has 0 atom stereocenters. The molecule has 0 bridgehead atoms. The predicted molar refractivity (Wildman–Crippen MR) is 123 cm³/mol. The Balaban J connectivity index is 1.13. The van der Waals surface area contributed by atoms with Crippen molar-refractivity contribution in [3.8, 4) is 11.4 Å². The number of rotatable bonds is 9. The summed E-state index contributed by atoms with van der Waals surface area (Å²) >= 11 is 1.83. The quantitative estimate of drug-likeness (QED) is 0.399. The summed E-state index contributed by atoms with van der Waals surface area (Å²) in [5.74, 6) is 2.54. The van der Waals surface area contributed by atoms with E-state index in [4.69, 9.17) is 4.52 Å². The van der Waals surface area contributed by atoms with Gasteiger partial charge in [-0.25, -0.2) is 0 Å². The van der Waals surface area contributed by atoms with Crippen molar-refractivity contribution in [2.75, 3.05) is 25.4 Å². The van der Waals surface area contributed by atoms with Crippen molar-refractivity contribution >= 4 is 17.7 Å². The first kappa shape index (κ1) is 21.6. The van der Waals surface area contributed by atoms with Gasteiger partial charge in [0.1, 0.15) is 0 Å². The third-order valence-corrected chi connectivity index (χ3v) is 6.55. The van der Waals surface area contributed by atoms with Crippen LogP contribution >= 0.6 is 11.8 Å². The zero-order valence-corrected chi connectivity index (χ0v) is 18.4. The predicted octanol–water partition coefficient (Wildman–Crippen LogP) is 4.25. The SMILES string of the molecule is O=C(NCCCSc1ccccc1)C1CCN(Cc2nc(-c3ccccc3)no2)CC1. The van der Waals surface area contributed by atoms with Crippen molar-refractivity contribution in [1.29, 1.82) is 0 Å². The first-order valence-electron chi connectivity index (χ1n) is 10.8. The second-order valence-corrected chi connectivity index (χ2v) is 8.90. The summed E-state index contributed by atoms with van der Waals surface area (Å²) in [4.78, 5) is 20.5. The maximum absolute atomic E-state index is 12.5. The lowest BCUT2D eigenvalue weighted by atomic mass is 9.96. The minimum Gasteiger partial charge on any atom is -0.356 e. The highest BCUT2D eigenvalue weighted by atomic mass is 32.2. The molecule has 1 fully saturated rings. The average Bonchev–Trinajstić information content (AvgIpc) is 3.29. The standard InChI is InChI=1S/C24H28N4O2S/c29-24(25-14-7-17-31-21-10-5-2-6-11-21)20-12-15-28(16-13-20)18-22-26-23(27-30-22)19-8-3-1-4-9-19/h1-6,8-11,20H,7,12-18H2,(H,25,29). The summed E-state index contributed by atoms with van der Waals surface area (Å²) < 4.78 is 5.42. The number of carbonyl (C=O) groups is 1. The highest BCUT2D eigenvalue weighted by Gasteiger charge is 2.25. The van der Waals surface area contributed by atoms with Crippen LogP contribution < -0.4 is 5.32 Å². The van der Waals surface area contributed by atoms with E-state index < -0.39 is 0 Å². The van der Waals surface area contributed by atoms with Crippen LogP contribution in [-0.4, -0.2) is 46.3 Å². The van der Waals surface area contributed by atoms with Crippen LogP contribution in [0.3, 0.4) is 0 Å². The Hall–Kier alpha value is -2.64. The highest BCUT2D eigenvalue weighted by molar-refractivity contribution is 7.99. The van der Waals surface area contributed by atoms with Gasteiger partial charge in [-0.15, -0.1) is 11.8 Å². The van der Waals surface area contributed by atoms with Crippen LogP contribution in [0.25, 0.3) is 11.4 Å². The maximum atomic E-state index is 12.5. The Morgan fingerprint density at radius 2 is 1.77 bits per heavy atom. The third kappa shape index (κ3) is 6.42. The molecule has 2 heterocycles. The van der Waals surface area contributed by atoms with E-state index in [1.54, 1.807) is 0 Å². The van der Waals surface area contributed by atoms with Crippen LogP contribution in [0.4, 0.5) is 0 Å². The number of benzene rings is 2. The number of likely N-dealkylation sites (tertiary alicyclic amines) is 1. The van der Waals surface area contributed by atoms with Crippen molar-refractivity contribution in [2.24, 2.45) is 5.92 Å². The molecule has 6 nitrogen and oxygen atoms in total. The molecule has 0 saturated carbocycles. The molecular formula is C24H28N4O2S. The van der Waals surface area contributed by atoms with Gasteiger partial charge in [0.05, 0.1) is 6.54 Å². The Morgan fingerprint density at radius 1 is 1.06 bits per heavy atom. The monoisotopic (exact) mass is 436 g/mol. The van der Waals surface area contributed by atoms with Gasteiger partial charge in [-0.2, -0.15) is 4.98 Å². The largest absolute Gasteiger partial charge is 0.356 e. The second kappa shape index (κ2) is 11.1. The summed E-state index contributed by atoms with van der Waals surface area (Å²) in [6.45, 7) is 3.10. The lowest BCUT2D eigenvalue weighted by Crippen LogP contribution is -2.40. The van der Waals surface area contributed by atoms with E-state index in [-0.39, 0.29) is 11.8 Å². The molecule has 0 aliphatic carbocycles. The molecule has 1 aromatic heterocycles. The molecule has 31 heavy (non-hydrogen) atoms. The molecule has 0 radical (unpaired) electrons. The third-order valence-electron chi connectivity index (χ3n) is 5.45. The summed E-state index contributed by atoms with van der Waals surface area (Å²) in [6.07, 6.45) is 2.71. The van der Waals surface area contributed by atoms with E-state index in [1.807, 2.05) is 48.2 Å². The van der Waals surface area contributed by atoms with Crippen LogP contribution in [0.2, 0.25) is 0 Å². The van der Waals surface area contributed by atoms with Gasteiger partial charge in [-0.1, -0.05) is 53.7 Å². The molecule has 7 heteroatoms. The Morgan fingerprint density at radius 3 is 2.52 bits per heavy atom. The van der Waals surface area contributed by atoms with E-state index in [0.29, 0.717) is 18.3 Å². The number of amides is 1. The number of hydrogen-bond donors (Lipinski definition) is 1. The molecule has 3 aromatic rings. The van der Waals surface area contributed by atoms with Crippen molar-refractivity contribution in [3.63, 3.8) is 0 Å². The van der Waals surface area contributed by atoms with Crippen LogP contribution in [0.15, 0.2) is 70.1 Å². The lowest BCUT2D eigenvalue weighted by Gasteiger charge is -2.30. The van der Waals surface area contributed by atoms with E-state index in [9.17, 15) is 4.79 Å². The van der Waals surface area contributed by atoms with Crippen molar-refractivity contribution in [3.05, 3.63) is 66.6 Å². The van der Waals surface area contributed by atoms with Crippen molar-refractivity contribution in [2.45, 2.75) is 30.7 Å². The van der Waals surface area contributed by atoms with Crippen LogP contribution in [0.5, 0.6) is 0 Å². The summed E-state index contributed by atoms with van der Waals surface area (Å²) in [5.41, 5.74) is 0.954. The van der Waals surface area contributed by atoms with Crippen molar-refractivity contribution in [1.82, 2.24) is 20.4 Å². The molecular weight excluding hydrogens is 408 g/mol. The minimum absolute atomic E-state index is 0.0978. The molecule has 0 unspecified atom stereocenters. The second-order valence-electron chi connectivity index (χ2n) is 7.73. The maximum Gasteiger partial charge on any atom is 0.241 e. The fourth-order valence-corrected chi connectivity index (χ4v) is 4.58. The molecule has 1 aliphatic rings. The van der Waals surface area contributed by atoms with E-state index in [2.05, 4.69) is 44.6 Å². The van der Waals surface area contributed by atoms with E-state index >= 15 is 0 Å². The number of carbonyl (C=O) groups excluding carboxylic acids is 1. The smallest absolute Gasteiger partial charge is 0.241 e. The summed E-state index contributed by atoms with van der Waals surface area (Å²) in [6, 6.07) is 20.2. The average molecular weight is 437 g/mol. The van der Waals surface area contributed by atoms with Crippen molar-refractivity contribution < 1.29 is 9.32 Å². The van der Waals surface area contributed by atoms with E-state index in [0.717, 1.165) is 50.2 Å². The topological polar surface area (TPSA) is 71.3 Å². The summed E-state index contributed by atoms with van der Waals surface area (Å²) in [5, 5.41) is 7.20. The molecule has 1 amide bonds. The van der Waals surface area contributed by atoms with Gasteiger partial charge in [0.2, 0.25) is 17.6 Å². The first-order valence-corrected chi connectivity index (χ1v) is 11.8. The van der Waals surface area contributed by atoms with Gasteiger partial charge in [0.15, 0.2) is 0 Å². The molecule has 4 rings (SSSR count). The fourth-order valence-electron chi connectivity index (χ4n) is 3.70. The van der Waals surface area contributed by atoms with E-state index in [1.165, 1.54) is 4.90 Å². The lowest BCUT2D eigenvalue weighted by molar-refractivity contribution is -0.126. The molecule has 1 saturated heterocycles. The Kier molecular flexibility index (Phi) is 7.74. The molecule has 162 valence electrons. The van der Waals surface area contributed by atoms with Gasteiger partial charge in [0, 0.05) is 22.9 Å². The molecule has 1 N–H and O–H groups in total. The Bertz CT molecular complexity index is 940. The van der Waals surface area contributed by atoms with Gasteiger partial charge in [-0.05, 0) is 50.2 Å². The zero-order chi connectivity index (χ0) is 21.3. The number of piperidine rings is 1. The van der Waals surface area contributed by atoms with Crippen LogP contribution in [0, 0.1) is 5.92 Å². The number of thioether (sulfide) groups is 1. The van der Waals surface area contributed by atoms with Gasteiger partial charge < -0.3 is 9.84 Å². The normalized spacial score (nSPS) is 15.1. The number of aromatic nitrogens is 2. The molecule has 2 aromatic carbocycles. The van der Waals surface area contributed by atoms with Crippen LogP contribution in [0.1, 0.15) is 25.2 Å². The van der Waals surface area contributed by atoms with Gasteiger partial charge in [0.25, 0.3) is 0 Å². The van der Waals surface area contributed by atoms with Crippen LogP contribution in [-0.2, 0) is 11.3 Å². The van der Waals surface area contributed by atoms with Gasteiger partial charge in [-0.3, -0.25) is 9.69 Å². The molecule has 0 spiro atoms. The van der Waals surface area contributed by atoms with Gasteiger partial charge >= 0.3 is 0 Å². The number of nitrogens with one attached hydrogen (secondary N) is 1. The first-order chi connectivity index (χ1) is 15.3.